The maximum Gasteiger partial charge on any atom is 0.414 e. The summed E-state index contributed by atoms with van der Waals surface area (Å²) in [6.07, 6.45) is 1.56. The predicted octanol–water partition coefficient (Wildman–Crippen LogP) is 2.89. The molecule has 4 atom stereocenters. The highest BCUT2D eigenvalue weighted by atomic mass is 19.1. The topological polar surface area (TPSA) is 79.6 Å². The van der Waals surface area contributed by atoms with E-state index < -0.39 is 24.0 Å². The van der Waals surface area contributed by atoms with Crippen LogP contribution < -0.4 is 4.90 Å². The van der Waals surface area contributed by atoms with Gasteiger partial charge in [0.1, 0.15) is 12.4 Å². The Morgan fingerprint density at radius 3 is 2.92 bits per heavy atom. The first kappa shape index (κ1) is 16.6. The molecular weight excluding hydrogens is 339 g/mol. The van der Waals surface area contributed by atoms with Gasteiger partial charge in [-0.2, -0.15) is 5.26 Å². The van der Waals surface area contributed by atoms with E-state index in [0.717, 1.165) is 12.0 Å². The quantitative estimate of drug-likeness (QED) is 0.775. The third-order valence-corrected chi connectivity index (χ3v) is 5.18. The van der Waals surface area contributed by atoms with Crippen molar-refractivity contribution in [2.24, 2.45) is 17.8 Å². The van der Waals surface area contributed by atoms with Gasteiger partial charge in [-0.15, -0.1) is 0 Å². The monoisotopic (exact) mass is 356 g/mol. The van der Waals surface area contributed by atoms with Gasteiger partial charge in [0.2, 0.25) is 0 Å². The van der Waals surface area contributed by atoms with Crippen LogP contribution >= 0.6 is 0 Å². The molecule has 0 spiro atoms. The number of halogens is 1. The highest BCUT2D eigenvalue weighted by molar-refractivity contribution is 5.90. The zero-order valence-corrected chi connectivity index (χ0v) is 14.1. The fourth-order valence-corrected chi connectivity index (χ4v) is 3.79. The van der Waals surface area contributed by atoms with E-state index in [-0.39, 0.29) is 25.0 Å². The normalized spacial score (nSPS) is 28.9. The first-order valence-corrected chi connectivity index (χ1v) is 8.49. The molecule has 1 amide bonds. The second kappa shape index (κ2) is 6.13. The molecule has 4 rings (SSSR count). The average Bonchev–Trinajstić information content (AvgIpc) is 2.93. The number of hydrogen-bond acceptors (Lipinski definition) is 5. The van der Waals surface area contributed by atoms with Crippen molar-refractivity contribution in [2.45, 2.75) is 19.4 Å². The molecular formula is C19H17FN2O4. The Balaban J connectivity index is 1.47. The van der Waals surface area contributed by atoms with E-state index in [1.165, 1.54) is 17.9 Å². The van der Waals surface area contributed by atoms with Crippen LogP contribution in [0.1, 0.15) is 18.9 Å². The predicted molar refractivity (Wildman–Crippen MR) is 89.3 cm³/mol. The number of amides is 1. The number of carbonyl (C=O) groups excluding carboxylic acids is 2. The Labute approximate surface area is 149 Å². The molecule has 7 heteroatoms. The number of rotatable bonds is 4. The smallest absolute Gasteiger partial charge is 0.414 e. The Hall–Kier alpha value is -2.88. The van der Waals surface area contributed by atoms with Crippen molar-refractivity contribution in [3.05, 3.63) is 35.7 Å². The van der Waals surface area contributed by atoms with Gasteiger partial charge in [-0.25, -0.2) is 9.18 Å². The van der Waals surface area contributed by atoms with E-state index in [0.29, 0.717) is 17.2 Å². The highest BCUT2D eigenvalue weighted by Gasteiger charge is 2.53. The molecule has 1 aromatic rings. The summed E-state index contributed by atoms with van der Waals surface area (Å²) < 4.78 is 24.6. The zero-order valence-electron chi connectivity index (χ0n) is 14.1. The Kier molecular flexibility index (Phi) is 3.91. The van der Waals surface area contributed by atoms with Crippen LogP contribution in [0.5, 0.6) is 0 Å². The van der Waals surface area contributed by atoms with Gasteiger partial charge >= 0.3 is 12.1 Å². The molecule has 134 valence electrons. The van der Waals surface area contributed by atoms with E-state index in [1.54, 1.807) is 12.1 Å². The molecule has 1 heterocycles. The molecule has 0 bridgehead atoms. The minimum atomic E-state index is -0.590. The standard InChI is InChI=1S/C19H17FN2O4/c1-10(23)25-9-13-8-22(19(24)26-13)12-2-3-14(18(20)6-12)11-4-15-16(5-11)17(15)7-21/h2-4,6,13,15-17H,5,8-9H2,1H3/t13?,15-,16+,17+/m0/s1. The van der Waals surface area contributed by atoms with Crippen molar-refractivity contribution in [1.29, 1.82) is 5.26 Å². The van der Waals surface area contributed by atoms with Gasteiger partial charge in [-0.3, -0.25) is 9.69 Å². The van der Waals surface area contributed by atoms with Crippen LogP contribution in [0.2, 0.25) is 0 Å². The van der Waals surface area contributed by atoms with Crippen LogP contribution in [-0.2, 0) is 14.3 Å². The third kappa shape index (κ3) is 2.81. The minimum absolute atomic E-state index is 0.0200. The minimum Gasteiger partial charge on any atom is -0.462 e. The molecule has 1 unspecified atom stereocenters. The lowest BCUT2D eigenvalue weighted by atomic mass is 10.00. The number of cyclic esters (lactones) is 1. The maximum absolute atomic E-state index is 14.6. The molecule has 26 heavy (non-hydrogen) atoms. The average molecular weight is 356 g/mol. The third-order valence-electron chi connectivity index (χ3n) is 5.18. The van der Waals surface area contributed by atoms with Crippen molar-refractivity contribution in [3.8, 4) is 6.07 Å². The summed E-state index contributed by atoms with van der Waals surface area (Å²) in [5, 5.41) is 8.97. The van der Waals surface area contributed by atoms with Crippen LogP contribution in [0.4, 0.5) is 14.9 Å². The molecule has 3 aliphatic rings. The fraction of sp³-hybridized carbons (Fsp3) is 0.421. The van der Waals surface area contributed by atoms with Gasteiger partial charge in [0.05, 0.1) is 24.2 Å². The van der Waals surface area contributed by atoms with Crippen molar-refractivity contribution >= 4 is 23.3 Å². The second-order valence-electron chi connectivity index (χ2n) is 6.88. The van der Waals surface area contributed by atoms with Gasteiger partial charge in [-0.05, 0) is 42.0 Å². The molecule has 1 saturated heterocycles. The molecule has 0 aromatic heterocycles. The number of fused-ring (bicyclic) bond motifs is 1. The molecule has 2 fully saturated rings. The summed E-state index contributed by atoms with van der Waals surface area (Å²) in [7, 11) is 0. The summed E-state index contributed by atoms with van der Waals surface area (Å²) in [6, 6.07) is 6.93. The van der Waals surface area contributed by atoms with Crippen molar-refractivity contribution < 1.29 is 23.5 Å². The number of benzene rings is 1. The Morgan fingerprint density at radius 1 is 1.50 bits per heavy atom. The maximum atomic E-state index is 14.6. The SMILES string of the molecule is CC(=O)OCC1CN(c2ccc(C3=C[C@@H]4[C@@H](C#N)[C@@H]4C3)c(F)c2)C(=O)O1. The molecule has 1 saturated carbocycles. The molecule has 1 aliphatic heterocycles. The van der Waals surface area contributed by atoms with Gasteiger partial charge in [0.15, 0.2) is 6.10 Å². The summed E-state index contributed by atoms with van der Waals surface area (Å²) >= 11 is 0. The van der Waals surface area contributed by atoms with E-state index in [1.807, 2.05) is 6.08 Å². The molecule has 2 aliphatic carbocycles. The molecule has 0 radical (unpaired) electrons. The summed E-state index contributed by atoms with van der Waals surface area (Å²) in [6.45, 7) is 1.46. The highest BCUT2D eigenvalue weighted by Crippen LogP contribution is 2.57. The first-order chi connectivity index (χ1) is 12.5. The lowest BCUT2D eigenvalue weighted by Gasteiger charge is -2.15. The number of ether oxygens (including phenoxy) is 2. The van der Waals surface area contributed by atoms with E-state index >= 15 is 0 Å². The number of carbonyl (C=O) groups is 2. The lowest BCUT2D eigenvalue weighted by Crippen LogP contribution is -2.26. The summed E-state index contributed by atoms with van der Waals surface area (Å²) in [4.78, 5) is 24.2. The van der Waals surface area contributed by atoms with Gasteiger partial charge in [0, 0.05) is 12.5 Å². The number of nitriles is 1. The lowest BCUT2D eigenvalue weighted by molar-refractivity contribution is -0.143. The number of hydrogen-bond donors (Lipinski definition) is 0. The second-order valence-corrected chi connectivity index (χ2v) is 6.88. The van der Waals surface area contributed by atoms with Crippen LogP contribution in [0, 0.1) is 34.9 Å². The zero-order chi connectivity index (χ0) is 18.4. The number of nitrogens with zero attached hydrogens (tertiary/aromatic N) is 2. The molecule has 0 N–H and O–H groups in total. The van der Waals surface area contributed by atoms with Crippen LogP contribution in [0.15, 0.2) is 24.3 Å². The fourth-order valence-electron chi connectivity index (χ4n) is 3.79. The number of esters is 1. The molecule has 1 aromatic carbocycles. The van der Waals surface area contributed by atoms with E-state index in [2.05, 4.69) is 6.07 Å². The van der Waals surface area contributed by atoms with Crippen molar-refractivity contribution in [3.63, 3.8) is 0 Å². The van der Waals surface area contributed by atoms with Crippen molar-refractivity contribution in [1.82, 2.24) is 0 Å². The summed E-state index contributed by atoms with van der Waals surface area (Å²) in [5.41, 5.74) is 1.84. The van der Waals surface area contributed by atoms with Crippen LogP contribution in [0.3, 0.4) is 0 Å². The van der Waals surface area contributed by atoms with Crippen LogP contribution in [0.25, 0.3) is 5.57 Å². The van der Waals surface area contributed by atoms with Gasteiger partial charge in [0.25, 0.3) is 0 Å². The first-order valence-electron chi connectivity index (χ1n) is 8.49. The Bertz CT molecular complexity index is 860. The van der Waals surface area contributed by atoms with Gasteiger partial charge in [-0.1, -0.05) is 6.08 Å². The summed E-state index contributed by atoms with van der Waals surface area (Å²) in [5.74, 6) is -0.194. The Morgan fingerprint density at radius 2 is 2.31 bits per heavy atom. The van der Waals surface area contributed by atoms with E-state index in [4.69, 9.17) is 14.7 Å². The van der Waals surface area contributed by atoms with Gasteiger partial charge < -0.3 is 9.47 Å². The number of allylic oxidation sites excluding steroid dienone is 2. The van der Waals surface area contributed by atoms with Crippen LogP contribution in [-0.4, -0.2) is 31.3 Å². The van der Waals surface area contributed by atoms with E-state index in [9.17, 15) is 14.0 Å². The van der Waals surface area contributed by atoms with Crippen molar-refractivity contribution in [2.75, 3.05) is 18.1 Å². The number of anilines is 1. The molecule has 6 nitrogen and oxygen atoms in total. The largest absolute Gasteiger partial charge is 0.462 e.